The number of fused-ring (bicyclic) bond motifs is 1. The van der Waals surface area contributed by atoms with E-state index in [-0.39, 0.29) is 18.3 Å². The topological polar surface area (TPSA) is 30.9 Å². The smallest absolute Gasteiger partial charge is 0.278 e. The molecule has 4 nitrogen and oxygen atoms in total. The lowest BCUT2D eigenvalue weighted by Gasteiger charge is -2.36. The number of benzene rings is 4. The molecular weight excluding hydrogens is 544 g/mol. The van der Waals surface area contributed by atoms with Crippen molar-refractivity contribution in [1.29, 1.82) is 0 Å². The van der Waals surface area contributed by atoms with Gasteiger partial charge in [-0.1, -0.05) is 78.9 Å². The van der Waals surface area contributed by atoms with Crippen molar-refractivity contribution in [2.45, 2.75) is 38.1 Å². The molecule has 1 aliphatic heterocycles. The third-order valence-corrected chi connectivity index (χ3v) is 8.64. The van der Waals surface area contributed by atoms with Gasteiger partial charge in [0, 0.05) is 50.9 Å². The van der Waals surface area contributed by atoms with Gasteiger partial charge in [0.05, 0.1) is 0 Å². The van der Waals surface area contributed by atoms with Gasteiger partial charge in [0.15, 0.2) is 6.29 Å². The second-order valence-electron chi connectivity index (χ2n) is 11.3. The van der Waals surface area contributed by atoms with Gasteiger partial charge < -0.3 is 19.1 Å². The Bertz CT molecular complexity index is 1540. The summed E-state index contributed by atoms with van der Waals surface area (Å²) in [6, 6.07) is 32.8. The van der Waals surface area contributed by atoms with Crippen LogP contribution in [0, 0.1) is 5.92 Å². The van der Waals surface area contributed by atoms with E-state index in [1.807, 2.05) is 60.7 Å². The molecule has 1 fully saturated rings. The highest BCUT2D eigenvalue weighted by Crippen LogP contribution is 2.51. The number of anilines is 1. The second-order valence-corrected chi connectivity index (χ2v) is 11.3. The van der Waals surface area contributed by atoms with E-state index in [9.17, 15) is 0 Å². The van der Waals surface area contributed by atoms with Crippen molar-refractivity contribution in [3.63, 3.8) is 0 Å². The summed E-state index contributed by atoms with van der Waals surface area (Å²) in [7, 11) is 3.38. The molecule has 2 aliphatic rings. The molecule has 6 heteroatoms. The van der Waals surface area contributed by atoms with E-state index in [0.29, 0.717) is 29.4 Å². The molecule has 0 saturated carbocycles. The Balaban J connectivity index is 1.32. The van der Waals surface area contributed by atoms with Crippen molar-refractivity contribution < 1.29 is 23.0 Å². The van der Waals surface area contributed by atoms with Crippen LogP contribution in [0.3, 0.4) is 0 Å². The monoisotopic (exact) mass is 581 g/mol. The first kappa shape index (κ1) is 29.1. The average Bonchev–Trinajstić information content (AvgIpc) is 3.05. The summed E-state index contributed by atoms with van der Waals surface area (Å²) in [6.07, 6.45) is 1.40. The lowest BCUT2D eigenvalue weighted by molar-refractivity contribution is -0.141. The number of halogens is 2. The molecule has 222 valence electrons. The number of hydrogen-bond donors (Lipinski definition) is 0. The summed E-state index contributed by atoms with van der Waals surface area (Å²) < 4.78 is 48.7. The molecule has 0 amide bonds. The van der Waals surface area contributed by atoms with Crippen molar-refractivity contribution in [2.24, 2.45) is 5.92 Å². The molecule has 4 aromatic rings. The second kappa shape index (κ2) is 12.7. The lowest BCUT2D eigenvalue weighted by atomic mass is 9.78. The average molecular weight is 582 g/mol. The van der Waals surface area contributed by atoms with Crippen LogP contribution in [-0.4, -0.2) is 33.6 Å². The van der Waals surface area contributed by atoms with Crippen LogP contribution in [0.25, 0.3) is 11.1 Å². The first-order valence-electron chi connectivity index (χ1n) is 14.9. The maximum absolute atomic E-state index is 15.9. The number of nitrogens with zero attached hydrogens (tertiary/aromatic N) is 1. The van der Waals surface area contributed by atoms with E-state index in [2.05, 4.69) is 29.2 Å². The molecular formula is C37H37F2NO3. The number of piperidine rings is 1. The normalized spacial score (nSPS) is 16.8. The van der Waals surface area contributed by atoms with Gasteiger partial charge in [0.2, 0.25) is 0 Å². The molecule has 6 rings (SSSR count). The quantitative estimate of drug-likeness (QED) is 0.185. The van der Waals surface area contributed by atoms with Crippen LogP contribution in [0.4, 0.5) is 14.5 Å². The predicted molar refractivity (Wildman–Crippen MR) is 167 cm³/mol. The van der Waals surface area contributed by atoms with Crippen LogP contribution in [0.1, 0.15) is 47.1 Å². The molecule has 0 N–H and O–H groups in total. The largest absolute Gasteiger partial charge is 0.489 e. The van der Waals surface area contributed by atoms with E-state index < -0.39 is 5.92 Å². The summed E-state index contributed by atoms with van der Waals surface area (Å²) >= 11 is 0. The summed E-state index contributed by atoms with van der Waals surface area (Å²) in [5.41, 5.74) is 5.88. The van der Waals surface area contributed by atoms with Gasteiger partial charge >= 0.3 is 0 Å². The standard InChI is InChI=1S/C37H37F2NO3/c1-41-36(42-2)29-19-21-40(22-20-29)30-15-13-28(14-16-30)35-32-18-17-31(43-25-26-9-5-3-6-10-26)23-34(32)37(38,39)24-33(35)27-11-7-4-8-12-27/h3-18,23,29,36H,19-22,24-25H2,1-2H3. The number of alkyl halides is 2. The molecule has 0 bridgehead atoms. The van der Waals surface area contributed by atoms with Crippen LogP contribution in [0.15, 0.2) is 103 Å². The predicted octanol–water partition coefficient (Wildman–Crippen LogP) is 8.56. The van der Waals surface area contributed by atoms with Crippen molar-refractivity contribution in [3.05, 3.63) is 131 Å². The molecule has 1 aliphatic carbocycles. The van der Waals surface area contributed by atoms with Crippen LogP contribution in [0.2, 0.25) is 0 Å². The Morgan fingerprint density at radius 3 is 2.09 bits per heavy atom. The number of hydrogen-bond acceptors (Lipinski definition) is 4. The van der Waals surface area contributed by atoms with E-state index in [1.54, 1.807) is 26.4 Å². The molecule has 1 saturated heterocycles. The highest BCUT2D eigenvalue weighted by molar-refractivity contribution is 6.01. The SMILES string of the molecule is COC(OC)C1CCN(c2ccc(C3=C(c4ccccc4)CC(F)(F)c4cc(OCc5ccccc5)ccc43)cc2)CC1. The third-order valence-electron chi connectivity index (χ3n) is 8.64. The van der Waals surface area contributed by atoms with Gasteiger partial charge in [-0.3, -0.25) is 0 Å². The minimum absolute atomic E-state index is 0.00438. The first-order chi connectivity index (χ1) is 21.0. The zero-order valence-electron chi connectivity index (χ0n) is 24.6. The van der Waals surface area contributed by atoms with Gasteiger partial charge in [0.1, 0.15) is 12.4 Å². The van der Waals surface area contributed by atoms with Gasteiger partial charge in [-0.2, -0.15) is 0 Å². The third kappa shape index (κ3) is 6.22. The molecule has 0 aromatic heterocycles. The van der Waals surface area contributed by atoms with E-state index in [4.69, 9.17) is 14.2 Å². The summed E-state index contributed by atoms with van der Waals surface area (Å²) in [4.78, 5) is 2.37. The highest BCUT2D eigenvalue weighted by Gasteiger charge is 2.41. The molecule has 4 aromatic carbocycles. The van der Waals surface area contributed by atoms with Crippen molar-refractivity contribution in [1.82, 2.24) is 0 Å². The van der Waals surface area contributed by atoms with Gasteiger partial charge in [-0.05, 0) is 70.5 Å². The minimum Gasteiger partial charge on any atom is -0.489 e. The summed E-state index contributed by atoms with van der Waals surface area (Å²) in [5.74, 6) is -2.23. The molecule has 0 atom stereocenters. The zero-order valence-corrected chi connectivity index (χ0v) is 24.6. The van der Waals surface area contributed by atoms with Crippen LogP contribution in [0.5, 0.6) is 5.75 Å². The molecule has 1 heterocycles. The fourth-order valence-electron chi connectivity index (χ4n) is 6.41. The van der Waals surface area contributed by atoms with Crippen LogP contribution < -0.4 is 9.64 Å². The molecule has 0 spiro atoms. The maximum Gasteiger partial charge on any atom is 0.278 e. The van der Waals surface area contributed by atoms with Gasteiger partial charge in [-0.15, -0.1) is 0 Å². The van der Waals surface area contributed by atoms with Crippen molar-refractivity contribution in [3.8, 4) is 5.75 Å². The van der Waals surface area contributed by atoms with Crippen molar-refractivity contribution >= 4 is 16.8 Å². The Labute approximate surface area is 252 Å². The number of rotatable bonds is 9. The van der Waals surface area contributed by atoms with E-state index in [1.165, 1.54) is 6.07 Å². The molecule has 43 heavy (non-hydrogen) atoms. The summed E-state index contributed by atoms with van der Waals surface area (Å²) in [6.45, 7) is 2.14. The Kier molecular flexibility index (Phi) is 8.59. The Morgan fingerprint density at radius 2 is 1.44 bits per heavy atom. The van der Waals surface area contributed by atoms with Gasteiger partial charge in [-0.25, -0.2) is 8.78 Å². The minimum atomic E-state index is -3.04. The fraction of sp³-hybridized carbons (Fsp3) is 0.297. The first-order valence-corrected chi connectivity index (χ1v) is 14.9. The van der Waals surface area contributed by atoms with Crippen molar-refractivity contribution in [2.75, 3.05) is 32.2 Å². The highest BCUT2D eigenvalue weighted by atomic mass is 19.3. The van der Waals surface area contributed by atoms with Crippen LogP contribution >= 0.6 is 0 Å². The van der Waals surface area contributed by atoms with Crippen LogP contribution in [-0.2, 0) is 22.0 Å². The number of methoxy groups -OCH3 is 2. The molecule has 0 radical (unpaired) electrons. The van der Waals surface area contributed by atoms with E-state index in [0.717, 1.165) is 53.9 Å². The summed E-state index contributed by atoms with van der Waals surface area (Å²) in [5, 5.41) is 0. The van der Waals surface area contributed by atoms with E-state index >= 15 is 8.78 Å². The fourth-order valence-corrected chi connectivity index (χ4v) is 6.41. The number of ether oxygens (including phenoxy) is 3. The maximum atomic E-state index is 15.9. The molecule has 0 unspecified atom stereocenters. The Morgan fingerprint density at radius 1 is 0.791 bits per heavy atom. The van der Waals surface area contributed by atoms with Gasteiger partial charge in [0.25, 0.3) is 5.92 Å². The zero-order chi connectivity index (χ0) is 29.8. The number of allylic oxidation sites excluding steroid dienone is 1. The lowest BCUT2D eigenvalue weighted by Crippen LogP contribution is -2.39. The Hall–Kier alpha value is -4.00.